The molecule has 2 aromatic rings. The van der Waals surface area contributed by atoms with Gasteiger partial charge in [0.15, 0.2) is 0 Å². The smallest absolute Gasteiger partial charge is 0.330 e. The standard InChI is InChI=1S/C18H16ClF3N2O2/c1-2-24(11-12-6-4-3-5-7-12)17(26)16(25)23-15-9-8-13(19)10-14(15)18(20,21)22/h3-10H,2,11H2,1H3,(H,23,25). The number of hydrogen-bond acceptors (Lipinski definition) is 2. The van der Waals surface area contributed by atoms with Crippen molar-refractivity contribution in [3.63, 3.8) is 0 Å². The van der Waals surface area contributed by atoms with Gasteiger partial charge >= 0.3 is 18.0 Å². The molecule has 1 N–H and O–H groups in total. The fourth-order valence-corrected chi connectivity index (χ4v) is 2.48. The molecule has 0 saturated carbocycles. The molecule has 0 unspecified atom stereocenters. The van der Waals surface area contributed by atoms with Gasteiger partial charge in [-0.3, -0.25) is 9.59 Å². The second-order valence-electron chi connectivity index (χ2n) is 5.45. The van der Waals surface area contributed by atoms with Crippen LogP contribution in [0.15, 0.2) is 48.5 Å². The van der Waals surface area contributed by atoms with E-state index >= 15 is 0 Å². The van der Waals surface area contributed by atoms with E-state index in [-0.39, 0.29) is 18.1 Å². The first-order valence-corrected chi connectivity index (χ1v) is 8.11. The van der Waals surface area contributed by atoms with Crippen LogP contribution in [0, 0.1) is 0 Å². The number of nitrogens with zero attached hydrogens (tertiary/aromatic N) is 1. The van der Waals surface area contributed by atoms with Crippen LogP contribution in [0.1, 0.15) is 18.1 Å². The highest BCUT2D eigenvalue weighted by molar-refractivity contribution is 6.39. The molecule has 4 nitrogen and oxygen atoms in total. The fraction of sp³-hybridized carbons (Fsp3) is 0.222. The molecule has 0 aliphatic carbocycles. The molecule has 2 rings (SSSR count). The number of likely N-dealkylation sites (N-methyl/N-ethyl adjacent to an activating group) is 1. The molecule has 8 heteroatoms. The van der Waals surface area contributed by atoms with Gasteiger partial charge in [-0.25, -0.2) is 0 Å². The Labute approximate surface area is 153 Å². The van der Waals surface area contributed by atoms with Crippen LogP contribution in [0.3, 0.4) is 0 Å². The van der Waals surface area contributed by atoms with Gasteiger partial charge in [-0.15, -0.1) is 0 Å². The average molecular weight is 385 g/mol. The molecule has 0 bridgehead atoms. The maximum absolute atomic E-state index is 13.1. The summed E-state index contributed by atoms with van der Waals surface area (Å²) in [7, 11) is 0. The lowest BCUT2D eigenvalue weighted by atomic mass is 10.1. The van der Waals surface area contributed by atoms with E-state index in [0.29, 0.717) is 6.07 Å². The summed E-state index contributed by atoms with van der Waals surface area (Å²) in [6.45, 7) is 2.09. The molecule has 0 aliphatic heterocycles. The molecule has 0 saturated heterocycles. The molecule has 0 aliphatic rings. The lowest BCUT2D eigenvalue weighted by Crippen LogP contribution is -2.39. The summed E-state index contributed by atoms with van der Waals surface area (Å²) in [5, 5.41) is 1.91. The minimum Gasteiger partial charge on any atom is -0.330 e. The highest BCUT2D eigenvalue weighted by Gasteiger charge is 2.35. The Bertz CT molecular complexity index is 795. The van der Waals surface area contributed by atoms with Crippen molar-refractivity contribution in [3.05, 3.63) is 64.7 Å². The third-order valence-electron chi connectivity index (χ3n) is 3.61. The molecule has 2 amide bonds. The van der Waals surface area contributed by atoms with E-state index in [4.69, 9.17) is 11.6 Å². The minimum absolute atomic E-state index is 0.124. The first-order valence-electron chi connectivity index (χ1n) is 7.73. The number of carbonyl (C=O) groups is 2. The minimum atomic E-state index is -4.72. The Balaban J connectivity index is 2.17. The van der Waals surface area contributed by atoms with Crippen LogP contribution in [0.5, 0.6) is 0 Å². The van der Waals surface area contributed by atoms with Crippen molar-refractivity contribution in [2.45, 2.75) is 19.6 Å². The summed E-state index contributed by atoms with van der Waals surface area (Å²) in [4.78, 5) is 25.7. The molecule has 0 fully saturated rings. The molecule has 0 radical (unpaired) electrons. The van der Waals surface area contributed by atoms with Crippen molar-refractivity contribution in [2.24, 2.45) is 0 Å². The van der Waals surface area contributed by atoms with Gasteiger partial charge < -0.3 is 10.2 Å². The van der Waals surface area contributed by atoms with Crippen molar-refractivity contribution >= 4 is 29.1 Å². The predicted molar refractivity (Wildman–Crippen MR) is 92.6 cm³/mol. The van der Waals surface area contributed by atoms with Crippen molar-refractivity contribution in [2.75, 3.05) is 11.9 Å². The summed E-state index contributed by atoms with van der Waals surface area (Å²) in [6, 6.07) is 11.9. The van der Waals surface area contributed by atoms with Crippen LogP contribution < -0.4 is 5.32 Å². The molecular weight excluding hydrogens is 369 g/mol. The number of rotatable bonds is 4. The number of carbonyl (C=O) groups excluding carboxylic acids is 2. The van der Waals surface area contributed by atoms with Crippen molar-refractivity contribution in [1.82, 2.24) is 4.90 Å². The maximum atomic E-state index is 13.1. The zero-order valence-electron chi connectivity index (χ0n) is 13.8. The van der Waals surface area contributed by atoms with Gasteiger partial charge in [0, 0.05) is 18.1 Å². The normalized spacial score (nSPS) is 11.1. The van der Waals surface area contributed by atoms with Gasteiger partial charge in [-0.1, -0.05) is 41.9 Å². The second kappa shape index (κ2) is 8.23. The number of nitrogens with one attached hydrogen (secondary N) is 1. The molecule has 0 aromatic heterocycles. The molecule has 0 atom stereocenters. The summed E-state index contributed by atoms with van der Waals surface area (Å²) >= 11 is 5.60. The Kier molecular flexibility index (Phi) is 6.26. The fourth-order valence-electron chi connectivity index (χ4n) is 2.31. The lowest BCUT2D eigenvalue weighted by molar-refractivity contribution is -0.143. The zero-order valence-corrected chi connectivity index (χ0v) is 14.6. The van der Waals surface area contributed by atoms with Gasteiger partial charge in [0.05, 0.1) is 11.3 Å². The molecule has 2 aromatic carbocycles. The summed E-state index contributed by atoms with van der Waals surface area (Å²) in [5.41, 5.74) is -0.828. The number of amides is 2. The van der Waals surface area contributed by atoms with E-state index < -0.39 is 29.2 Å². The second-order valence-corrected chi connectivity index (χ2v) is 5.88. The van der Waals surface area contributed by atoms with E-state index in [2.05, 4.69) is 0 Å². The van der Waals surface area contributed by atoms with E-state index in [0.717, 1.165) is 11.6 Å². The third-order valence-corrected chi connectivity index (χ3v) is 3.85. The largest absolute Gasteiger partial charge is 0.418 e. The lowest BCUT2D eigenvalue weighted by Gasteiger charge is -2.21. The number of anilines is 1. The monoisotopic (exact) mass is 384 g/mol. The summed E-state index contributed by atoms with van der Waals surface area (Å²) in [5.74, 6) is -2.06. The molecular formula is C18H16ClF3N2O2. The quantitative estimate of drug-likeness (QED) is 0.797. The van der Waals surface area contributed by atoms with Crippen LogP contribution >= 0.6 is 11.6 Å². The molecule has 0 heterocycles. The number of halogens is 4. The first-order chi connectivity index (χ1) is 12.2. The van der Waals surface area contributed by atoms with Gasteiger partial charge in [0.25, 0.3) is 0 Å². The van der Waals surface area contributed by atoms with E-state index in [1.54, 1.807) is 31.2 Å². The zero-order chi connectivity index (χ0) is 19.3. The molecule has 26 heavy (non-hydrogen) atoms. The summed E-state index contributed by atoms with van der Waals surface area (Å²) < 4.78 is 39.3. The molecule has 0 spiro atoms. The number of hydrogen-bond donors (Lipinski definition) is 1. The summed E-state index contributed by atoms with van der Waals surface area (Å²) in [6.07, 6.45) is -4.72. The topological polar surface area (TPSA) is 49.4 Å². The van der Waals surface area contributed by atoms with E-state index in [1.807, 2.05) is 11.4 Å². The number of benzene rings is 2. The number of alkyl halides is 3. The van der Waals surface area contributed by atoms with Crippen LogP contribution in [0.2, 0.25) is 5.02 Å². The van der Waals surface area contributed by atoms with Crippen LogP contribution in [0.25, 0.3) is 0 Å². The SMILES string of the molecule is CCN(Cc1ccccc1)C(=O)C(=O)Nc1ccc(Cl)cc1C(F)(F)F. The van der Waals surface area contributed by atoms with Crippen LogP contribution in [0.4, 0.5) is 18.9 Å². The highest BCUT2D eigenvalue weighted by atomic mass is 35.5. The highest BCUT2D eigenvalue weighted by Crippen LogP contribution is 2.36. The van der Waals surface area contributed by atoms with Gasteiger partial charge in [-0.2, -0.15) is 13.2 Å². The Morgan fingerprint density at radius 3 is 2.35 bits per heavy atom. The van der Waals surface area contributed by atoms with Crippen LogP contribution in [-0.4, -0.2) is 23.3 Å². The average Bonchev–Trinajstić information content (AvgIpc) is 2.60. The van der Waals surface area contributed by atoms with Gasteiger partial charge in [-0.05, 0) is 30.7 Å². The van der Waals surface area contributed by atoms with Crippen molar-refractivity contribution in [1.29, 1.82) is 0 Å². The Hall–Kier alpha value is -2.54. The van der Waals surface area contributed by atoms with Crippen LogP contribution in [-0.2, 0) is 22.3 Å². The van der Waals surface area contributed by atoms with Crippen molar-refractivity contribution in [3.8, 4) is 0 Å². The van der Waals surface area contributed by atoms with E-state index in [1.165, 1.54) is 11.0 Å². The van der Waals surface area contributed by atoms with Gasteiger partial charge in [0.2, 0.25) is 0 Å². The molecule has 138 valence electrons. The Morgan fingerprint density at radius 1 is 1.12 bits per heavy atom. The van der Waals surface area contributed by atoms with Gasteiger partial charge in [0.1, 0.15) is 0 Å². The van der Waals surface area contributed by atoms with E-state index in [9.17, 15) is 22.8 Å². The third kappa shape index (κ3) is 4.98. The van der Waals surface area contributed by atoms with Crippen molar-refractivity contribution < 1.29 is 22.8 Å². The first kappa shape index (κ1) is 19.8. The Morgan fingerprint density at radius 2 is 1.77 bits per heavy atom. The predicted octanol–water partition coefficient (Wildman–Crippen LogP) is 4.35. The maximum Gasteiger partial charge on any atom is 0.418 e.